The van der Waals surface area contributed by atoms with Crippen LogP contribution in [-0.2, 0) is 20.0 Å². The Morgan fingerprint density at radius 2 is 2.04 bits per heavy atom. The van der Waals surface area contributed by atoms with Gasteiger partial charge in [0.25, 0.3) is 0 Å². The molecular weight excluding hydrogens is 350 g/mol. The lowest BCUT2D eigenvalue weighted by molar-refractivity contribution is -0.115. The zero-order valence-electron chi connectivity index (χ0n) is 15.7. The van der Waals surface area contributed by atoms with Gasteiger partial charge in [-0.3, -0.25) is 9.79 Å². The summed E-state index contributed by atoms with van der Waals surface area (Å²) in [7, 11) is -3.32. The summed E-state index contributed by atoms with van der Waals surface area (Å²) >= 11 is 0. The average molecular weight is 375 g/mol. The number of hydrogen-bond donors (Lipinski definition) is 1. The van der Waals surface area contributed by atoms with Gasteiger partial charge < -0.3 is 5.11 Å². The lowest BCUT2D eigenvalue weighted by atomic mass is 9.82. The molecule has 3 rings (SSSR count). The van der Waals surface area contributed by atoms with E-state index in [1.54, 1.807) is 19.1 Å². The Morgan fingerprint density at radius 3 is 2.69 bits per heavy atom. The maximum absolute atomic E-state index is 12.5. The van der Waals surface area contributed by atoms with Crippen molar-refractivity contribution in [2.75, 3.05) is 5.75 Å². The number of rotatable bonds is 2. The van der Waals surface area contributed by atoms with Crippen molar-refractivity contribution in [2.45, 2.75) is 63.3 Å². The number of carbonyl (C=O) groups is 1. The average Bonchev–Trinajstić information content (AvgIpc) is 2.66. The first-order valence-corrected chi connectivity index (χ1v) is 10.6. The number of sulfone groups is 1. The Balaban J connectivity index is 2.18. The van der Waals surface area contributed by atoms with E-state index in [1.165, 1.54) is 6.21 Å². The van der Waals surface area contributed by atoms with Crippen molar-refractivity contribution in [3.63, 3.8) is 0 Å². The van der Waals surface area contributed by atoms with Crippen LogP contribution in [0.5, 0.6) is 0 Å². The molecule has 26 heavy (non-hydrogen) atoms. The third kappa shape index (κ3) is 3.00. The van der Waals surface area contributed by atoms with Crippen molar-refractivity contribution < 1.29 is 18.3 Å². The van der Waals surface area contributed by atoms with Gasteiger partial charge in [-0.05, 0) is 43.0 Å². The first kappa shape index (κ1) is 18.8. The molecule has 1 unspecified atom stereocenters. The van der Waals surface area contributed by atoms with E-state index in [2.05, 4.69) is 4.99 Å². The SMILES string of the molecule is CCC1CCC(=O)C(=C(O)c2ccc3c(c2C)C(C)(C)CS3(=O)=O)C=N1. The first-order chi connectivity index (χ1) is 12.1. The number of fused-ring (bicyclic) bond motifs is 1. The topological polar surface area (TPSA) is 83.8 Å². The molecule has 2 aliphatic rings. The van der Waals surface area contributed by atoms with Crippen LogP contribution in [-0.4, -0.2) is 37.3 Å². The number of allylic oxidation sites excluding steroid dienone is 1. The van der Waals surface area contributed by atoms with Crippen LogP contribution in [0.1, 0.15) is 56.7 Å². The Bertz CT molecular complexity index is 939. The largest absolute Gasteiger partial charge is 0.506 e. The van der Waals surface area contributed by atoms with Crippen LogP contribution in [0.15, 0.2) is 27.6 Å². The summed E-state index contributed by atoms with van der Waals surface area (Å²) in [6, 6.07) is 3.24. The van der Waals surface area contributed by atoms with Gasteiger partial charge in [-0.2, -0.15) is 0 Å². The molecular formula is C20H25NO4S. The number of benzene rings is 1. The molecule has 0 saturated carbocycles. The lowest BCUT2D eigenvalue weighted by Crippen LogP contribution is -2.20. The minimum absolute atomic E-state index is 0.0511. The maximum Gasteiger partial charge on any atom is 0.179 e. The highest BCUT2D eigenvalue weighted by molar-refractivity contribution is 7.91. The molecule has 1 atom stereocenters. The molecule has 0 fully saturated rings. The summed E-state index contributed by atoms with van der Waals surface area (Å²) in [6.45, 7) is 7.61. The van der Waals surface area contributed by atoms with Gasteiger partial charge in [-0.1, -0.05) is 20.8 Å². The third-order valence-electron chi connectivity index (χ3n) is 5.39. The third-order valence-corrected chi connectivity index (χ3v) is 7.50. The van der Waals surface area contributed by atoms with Gasteiger partial charge in [0.05, 0.1) is 22.3 Å². The molecule has 6 heteroatoms. The van der Waals surface area contributed by atoms with Gasteiger partial charge in [-0.25, -0.2) is 8.42 Å². The van der Waals surface area contributed by atoms with Crippen molar-refractivity contribution in [3.05, 3.63) is 34.4 Å². The van der Waals surface area contributed by atoms with Crippen LogP contribution in [0.4, 0.5) is 0 Å². The van der Waals surface area contributed by atoms with Gasteiger partial charge in [0.2, 0.25) is 0 Å². The molecule has 0 amide bonds. The first-order valence-electron chi connectivity index (χ1n) is 8.95. The Morgan fingerprint density at radius 1 is 1.35 bits per heavy atom. The van der Waals surface area contributed by atoms with E-state index in [0.717, 1.165) is 12.0 Å². The minimum Gasteiger partial charge on any atom is -0.506 e. The molecule has 0 aliphatic carbocycles. The summed E-state index contributed by atoms with van der Waals surface area (Å²) in [5, 5.41) is 10.8. The number of aliphatic hydroxyl groups is 1. The van der Waals surface area contributed by atoms with Gasteiger partial charge in [0.1, 0.15) is 5.76 Å². The van der Waals surface area contributed by atoms with Crippen LogP contribution < -0.4 is 0 Å². The van der Waals surface area contributed by atoms with E-state index in [4.69, 9.17) is 0 Å². The van der Waals surface area contributed by atoms with E-state index in [0.29, 0.717) is 28.9 Å². The van der Waals surface area contributed by atoms with E-state index >= 15 is 0 Å². The number of carbonyl (C=O) groups excluding carboxylic acids is 1. The molecule has 0 saturated heterocycles. The van der Waals surface area contributed by atoms with Crippen LogP contribution in [0.25, 0.3) is 5.76 Å². The molecule has 0 radical (unpaired) electrons. The number of Topliss-reactive ketones (excluding diaryl/α,β-unsaturated/α-hetero) is 1. The fraction of sp³-hybridized carbons (Fsp3) is 0.500. The summed E-state index contributed by atoms with van der Waals surface area (Å²) in [4.78, 5) is 17.2. The van der Waals surface area contributed by atoms with E-state index in [1.807, 2.05) is 20.8 Å². The standard InChI is InChI=1S/C20H25NO4S/c1-5-13-6-8-16(22)15(10-21-13)19(23)14-7-9-17-18(12(14)2)20(3,4)11-26(17,24)25/h7,9-10,13,23H,5-6,8,11H2,1-4H3. The highest BCUT2D eigenvalue weighted by Crippen LogP contribution is 2.43. The van der Waals surface area contributed by atoms with E-state index < -0.39 is 15.3 Å². The molecule has 0 bridgehead atoms. The molecule has 1 aromatic rings. The fourth-order valence-corrected chi connectivity index (χ4v) is 6.34. The van der Waals surface area contributed by atoms with Crippen LogP contribution in [0, 0.1) is 6.92 Å². The molecule has 5 nitrogen and oxygen atoms in total. The summed E-state index contributed by atoms with van der Waals surface area (Å²) in [6.07, 6.45) is 3.36. The van der Waals surface area contributed by atoms with Crippen molar-refractivity contribution in [1.82, 2.24) is 0 Å². The Kier molecular flexibility index (Phi) is 4.59. The number of hydrogen-bond acceptors (Lipinski definition) is 5. The van der Waals surface area contributed by atoms with Crippen LogP contribution in [0.3, 0.4) is 0 Å². The van der Waals surface area contributed by atoms with Crippen LogP contribution in [0.2, 0.25) is 0 Å². The number of aliphatic hydroxyl groups excluding tert-OH is 1. The highest BCUT2D eigenvalue weighted by Gasteiger charge is 2.42. The van der Waals surface area contributed by atoms with Crippen LogP contribution >= 0.6 is 0 Å². The van der Waals surface area contributed by atoms with Gasteiger partial charge in [0, 0.05) is 23.6 Å². The fourth-order valence-electron chi connectivity index (χ4n) is 4.08. The quantitative estimate of drug-likeness (QED) is 0.633. The van der Waals surface area contributed by atoms with Crippen molar-refractivity contribution >= 4 is 27.6 Å². The summed E-state index contributed by atoms with van der Waals surface area (Å²) in [5.74, 6) is -0.194. The minimum atomic E-state index is -3.32. The predicted octanol–water partition coefficient (Wildman–Crippen LogP) is 3.54. The second-order valence-corrected chi connectivity index (χ2v) is 9.78. The van der Waals surface area contributed by atoms with Crippen molar-refractivity contribution in [1.29, 1.82) is 0 Å². The monoisotopic (exact) mass is 375 g/mol. The maximum atomic E-state index is 12.5. The molecule has 0 aromatic heterocycles. The zero-order chi connectivity index (χ0) is 19.3. The normalized spacial score (nSPS) is 25.7. The molecule has 1 N–H and O–H groups in total. The summed E-state index contributed by atoms with van der Waals surface area (Å²) < 4.78 is 24.8. The van der Waals surface area contributed by atoms with Gasteiger partial charge >= 0.3 is 0 Å². The second kappa shape index (κ2) is 6.34. The molecule has 2 heterocycles. The lowest BCUT2D eigenvalue weighted by Gasteiger charge is -2.21. The highest BCUT2D eigenvalue weighted by atomic mass is 32.2. The Hall–Kier alpha value is -1.95. The number of ketones is 1. The molecule has 0 spiro atoms. The molecule has 1 aromatic carbocycles. The molecule has 140 valence electrons. The van der Waals surface area contributed by atoms with Crippen molar-refractivity contribution in [2.24, 2.45) is 4.99 Å². The molecule has 2 aliphatic heterocycles. The summed E-state index contributed by atoms with van der Waals surface area (Å²) in [5.41, 5.74) is 1.61. The van der Waals surface area contributed by atoms with E-state index in [9.17, 15) is 18.3 Å². The predicted molar refractivity (Wildman–Crippen MR) is 103 cm³/mol. The van der Waals surface area contributed by atoms with Gasteiger partial charge in [-0.15, -0.1) is 0 Å². The smallest absolute Gasteiger partial charge is 0.179 e. The van der Waals surface area contributed by atoms with Crippen molar-refractivity contribution in [3.8, 4) is 0 Å². The Labute approximate surface area is 154 Å². The van der Waals surface area contributed by atoms with Gasteiger partial charge in [0.15, 0.2) is 15.6 Å². The zero-order valence-corrected chi connectivity index (χ0v) is 16.5. The van der Waals surface area contributed by atoms with E-state index in [-0.39, 0.29) is 28.9 Å². The number of nitrogens with zero attached hydrogens (tertiary/aromatic N) is 1. The number of aliphatic imine (C=N–C) groups is 1. The second-order valence-electron chi connectivity index (χ2n) is 7.82.